The fraction of sp³-hybridized carbons (Fsp3) is 0.500. The maximum atomic E-state index is 4.51. The standard InChI is InChI=1S/C14H19N3/c1-2-7-17-11-15-13-10-12(5-6-14(13)17)16-8-3-4-9-16/h5-6,10-11H,2-4,7-9H2,1H3. The number of aromatic nitrogens is 2. The monoisotopic (exact) mass is 229 g/mol. The van der Waals surface area contributed by atoms with Crippen molar-refractivity contribution in [3.05, 3.63) is 24.5 Å². The van der Waals surface area contributed by atoms with E-state index in [4.69, 9.17) is 0 Å². The Bertz CT molecular complexity index is 509. The van der Waals surface area contributed by atoms with Crippen LogP contribution in [0.1, 0.15) is 26.2 Å². The molecule has 0 atom stereocenters. The van der Waals surface area contributed by atoms with E-state index in [1.165, 1.54) is 37.1 Å². The largest absolute Gasteiger partial charge is 0.371 e. The van der Waals surface area contributed by atoms with Crippen LogP contribution < -0.4 is 4.90 Å². The van der Waals surface area contributed by atoms with E-state index in [2.05, 4.69) is 39.6 Å². The van der Waals surface area contributed by atoms with Gasteiger partial charge in [-0.2, -0.15) is 0 Å². The molecule has 3 nitrogen and oxygen atoms in total. The van der Waals surface area contributed by atoms with E-state index in [0.29, 0.717) is 0 Å². The molecule has 0 bridgehead atoms. The molecule has 1 saturated heterocycles. The molecule has 1 aromatic carbocycles. The Hall–Kier alpha value is -1.51. The van der Waals surface area contributed by atoms with Crippen LogP contribution in [0.5, 0.6) is 0 Å². The van der Waals surface area contributed by atoms with Gasteiger partial charge in [0.15, 0.2) is 0 Å². The average molecular weight is 229 g/mol. The molecule has 2 aromatic rings. The molecule has 3 heteroatoms. The SMILES string of the molecule is CCCn1cnc2cc(N3CCCC3)ccc21. The van der Waals surface area contributed by atoms with E-state index in [0.717, 1.165) is 18.5 Å². The third-order valence-electron chi connectivity index (χ3n) is 3.54. The molecule has 1 aliphatic rings. The maximum Gasteiger partial charge on any atom is 0.0958 e. The van der Waals surface area contributed by atoms with Crippen LogP contribution in [0.15, 0.2) is 24.5 Å². The molecule has 0 amide bonds. The highest BCUT2D eigenvalue weighted by molar-refractivity contribution is 5.79. The highest BCUT2D eigenvalue weighted by Gasteiger charge is 2.13. The molecule has 3 rings (SSSR count). The molecule has 0 aliphatic carbocycles. The molecular formula is C14H19N3. The summed E-state index contributed by atoms with van der Waals surface area (Å²) in [5.74, 6) is 0. The van der Waals surface area contributed by atoms with Crippen LogP contribution in [-0.4, -0.2) is 22.6 Å². The predicted octanol–water partition coefficient (Wildman–Crippen LogP) is 3.05. The summed E-state index contributed by atoms with van der Waals surface area (Å²) >= 11 is 0. The van der Waals surface area contributed by atoms with Gasteiger partial charge in [-0.05, 0) is 37.5 Å². The van der Waals surface area contributed by atoms with E-state index in [1.807, 2.05) is 6.33 Å². The van der Waals surface area contributed by atoms with Crippen molar-refractivity contribution < 1.29 is 0 Å². The second-order valence-corrected chi connectivity index (χ2v) is 4.81. The van der Waals surface area contributed by atoms with Gasteiger partial charge in [0.2, 0.25) is 0 Å². The van der Waals surface area contributed by atoms with Crippen molar-refractivity contribution in [3.8, 4) is 0 Å². The van der Waals surface area contributed by atoms with Gasteiger partial charge in [-0.25, -0.2) is 4.98 Å². The van der Waals surface area contributed by atoms with Gasteiger partial charge in [0.05, 0.1) is 17.4 Å². The van der Waals surface area contributed by atoms with E-state index < -0.39 is 0 Å². The fourth-order valence-electron chi connectivity index (χ4n) is 2.64. The third-order valence-corrected chi connectivity index (χ3v) is 3.54. The van der Waals surface area contributed by atoms with E-state index >= 15 is 0 Å². The topological polar surface area (TPSA) is 21.1 Å². The van der Waals surface area contributed by atoms with Crippen molar-refractivity contribution in [2.45, 2.75) is 32.7 Å². The minimum atomic E-state index is 1.06. The number of benzene rings is 1. The minimum Gasteiger partial charge on any atom is -0.371 e. The fourth-order valence-corrected chi connectivity index (χ4v) is 2.64. The second-order valence-electron chi connectivity index (χ2n) is 4.81. The number of imidazole rings is 1. The summed E-state index contributed by atoms with van der Waals surface area (Å²) in [7, 11) is 0. The molecule has 2 heterocycles. The number of aryl methyl sites for hydroxylation is 1. The lowest BCUT2D eigenvalue weighted by atomic mass is 10.2. The zero-order valence-electron chi connectivity index (χ0n) is 10.4. The lowest BCUT2D eigenvalue weighted by Gasteiger charge is -2.17. The molecule has 0 unspecified atom stereocenters. The Labute approximate surface area is 102 Å². The second kappa shape index (κ2) is 4.40. The van der Waals surface area contributed by atoms with Gasteiger partial charge in [-0.1, -0.05) is 6.92 Å². The van der Waals surface area contributed by atoms with Crippen molar-refractivity contribution in [1.82, 2.24) is 9.55 Å². The Kier molecular flexibility index (Phi) is 2.75. The molecule has 1 aliphatic heterocycles. The van der Waals surface area contributed by atoms with Gasteiger partial charge < -0.3 is 9.47 Å². The summed E-state index contributed by atoms with van der Waals surface area (Å²) in [6.07, 6.45) is 5.76. The molecule has 0 saturated carbocycles. The summed E-state index contributed by atoms with van der Waals surface area (Å²) in [6, 6.07) is 6.68. The van der Waals surface area contributed by atoms with Gasteiger partial charge in [0.1, 0.15) is 0 Å². The number of hydrogen-bond acceptors (Lipinski definition) is 2. The lowest BCUT2D eigenvalue weighted by Crippen LogP contribution is -2.17. The van der Waals surface area contributed by atoms with E-state index in [-0.39, 0.29) is 0 Å². The number of nitrogens with zero attached hydrogens (tertiary/aromatic N) is 3. The normalized spacial score (nSPS) is 15.9. The van der Waals surface area contributed by atoms with Crippen molar-refractivity contribution in [3.63, 3.8) is 0 Å². The zero-order chi connectivity index (χ0) is 11.7. The predicted molar refractivity (Wildman–Crippen MR) is 71.5 cm³/mol. The highest BCUT2D eigenvalue weighted by Crippen LogP contribution is 2.24. The van der Waals surface area contributed by atoms with Crippen LogP contribution in [0.4, 0.5) is 5.69 Å². The first-order valence-corrected chi connectivity index (χ1v) is 6.58. The summed E-state index contributed by atoms with van der Waals surface area (Å²) in [5, 5.41) is 0. The van der Waals surface area contributed by atoms with Gasteiger partial charge in [-0.3, -0.25) is 0 Å². The molecular weight excluding hydrogens is 210 g/mol. The van der Waals surface area contributed by atoms with Gasteiger partial charge >= 0.3 is 0 Å². The van der Waals surface area contributed by atoms with Gasteiger partial charge in [-0.15, -0.1) is 0 Å². The first-order valence-electron chi connectivity index (χ1n) is 6.58. The lowest BCUT2D eigenvalue weighted by molar-refractivity contribution is 0.697. The van der Waals surface area contributed by atoms with Gasteiger partial charge in [0.25, 0.3) is 0 Å². The number of anilines is 1. The van der Waals surface area contributed by atoms with Crippen molar-refractivity contribution >= 4 is 16.7 Å². The number of hydrogen-bond donors (Lipinski definition) is 0. The molecule has 0 N–H and O–H groups in total. The van der Waals surface area contributed by atoms with Crippen LogP contribution >= 0.6 is 0 Å². The molecule has 0 spiro atoms. The first-order chi connectivity index (χ1) is 8.38. The highest BCUT2D eigenvalue weighted by atomic mass is 15.1. The molecule has 0 radical (unpaired) electrons. The Morgan fingerprint density at radius 1 is 1.24 bits per heavy atom. The molecule has 90 valence electrons. The Balaban J connectivity index is 1.96. The van der Waals surface area contributed by atoms with Crippen LogP contribution in [0, 0.1) is 0 Å². The Morgan fingerprint density at radius 2 is 2.06 bits per heavy atom. The summed E-state index contributed by atoms with van der Waals surface area (Å²) in [6.45, 7) is 5.65. The van der Waals surface area contributed by atoms with Crippen LogP contribution in [0.3, 0.4) is 0 Å². The zero-order valence-corrected chi connectivity index (χ0v) is 10.4. The first kappa shape index (κ1) is 10.6. The molecule has 17 heavy (non-hydrogen) atoms. The van der Waals surface area contributed by atoms with Crippen LogP contribution in [0.25, 0.3) is 11.0 Å². The summed E-state index contributed by atoms with van der Waals surface area (Å²) in [4.78, 5) is 6.96. The smallest absolute Gasteiger partial charge is 0.0958 e. The minimum absolute atomic E-state index is 1.06. The van der Waals surface area contributed by atoms with Crippen LogP contribution in [0.2, 0.25) is 0 Å². The van der Waals surface area contributed by atoms with Crippen molar-refractivity contribution in [2.24, 2.45) is 0 Å². The van der Waals surface area contributed by atoms with E-state index in [1.54, 1.807) is 0 Å². The average Bonchev–Trinajstić information content (AvgIpc) is 2.98. The van der Waals surface area contributed by atoms with Crippen LogP contribution in [-0.2, 0) is 6.54 Å². The third kappa shape index (κ3) is 1.90. The van der Waals surface area contributed by atoms with Gasteiger partial charge in [0, 0.05) is 25.3 Å². The maximum absolute atomic E-state index is 4.51. The number of fused-ring (bicyclic) bond motifs is 1. The van der Waals surface area contributed by atoms with E-state index in [9.17, 15) is 0 Å². The Morgan fingerprint density at radius 3 is 2.82 bits per heavy atom. The number of rotatable bonds is 3. The summed E-state index contributed by atoms with van der Waals surface area (Å²) < 4.78 is 2.24. The quantitative estimate of drug-likeness (QED) is 0.806. The molecule has 1 fully saturated rings. The summed E-state index contributed by atoms with van der Waals surface area (Å²) in [5.41, 5.74) is 3.72. The van der Waals surface area contributed by atoms with Crippen molar-refractivity contribution in [2.75, 3.05) is 18.0 Å². The molecule has 1 aromatic heterocycles. The van der Waals surface area contributed by atoms with Crippen molar-refractivity contribution in [1.29, 1.82) is 0 Å².